The molecule has 0 heterocycles. The highest BCUT2D eigenvalue weighted by molar-refractivity contribution is 4.89. The van der Waals surface area contributed by atoms with Gasteiger partial charge in [-0.15, -0.1) is 0 Å². The summed E-state index contributed by atoms with van der Waals surface area (Å²) in [5.41, 5.74) is 0.865. The molecular formula is C16H33FN2O3. The maximum atomic E-state index is 13.5. The van der Waals surface area contributed by atoms with E-state index in [-0.39, 0.29) is 0 Å². The number of ether oxygens (including phenoxy) is 3. The molecule has 0 aromatic rings. The summed E-state index contributed by atoms with van der Waals surface area (Å²) >= 11 is 0. The van der Waals surface area contributed by atoms with Gasteiger partial charge >= 0.3 is 0 Å². The lowest BCUT2D eigenvalue weighted by atomic mass is 10.2. The molecule has 0 saturated heterocycles. The van der Waals surface area contributed by atoms with E-state index in [0.29, 0.717) is 52.6 Å². The van der Waals surface area contributed by atoms with Gasteiger partial charge in [0.2, 0.25) is 0 Å². The quantitative estimate of drug-likeness (QED) is 0.401. The van der Waals surface area contributed by atoms with Crippen LogP contribution < -0.4 is 10.6 Å². The monoisotopic (exact) mass is 320 g/mol. The fourth-order valence-corrected chi connectivity index (χ4v) is 1.56. The molecule has 22 heavy (non-hydrogen) atoms. The first-order valence-corrected chi connectivity index (χ1v) is 8.20. The van der Waals surface area contributed by atoms with Gasteiger partial charge in [0, 0.05) is 31.8 Å². The van der Waals surface area contributed by atoms with Crippen molar-refractivity contribution < 1.29 is 18.6 Å². The molecule has 6 heteroatoms. The fourth-order valence-electron chi connectivity index (χ4n) is 1.56. The third-order valence-electron chi connectivity index (χ3n) is 2.99. The van der Waals surface area contributed by atoms with Gasteiger partial charge in [0.05, 0.1) is 33.0 Å². The van der Waals surface area contributed by atoms with E-state index < -0.39 is 6.17 Å². The molecule has 0 aliphatic rings. The highest BCUT2D eigenvalue weighted by Crippen LogP contribution is 1.99. The Morgan fingerprint density at radius 3 is 2.18 bits per heavy atom. The molecule has 0 aliphatic heterocycles. The van der Waals surface area contributed by atoms with E-state index in [0.717, 1.165) is 25.2 Å². The minimum atomic E-state index is -0.908. The molecular weight excluding hydrogens is 287 g/mol. The zero-order valence-corrected chi connectivity index (χ0v) is 14.2. The lowest BCUT2D eigenvalue weighted by Gasteiger charge is -2.12. The second kappa shape index (κ2) is 16.7. The predicted octanol–water partition coefficient (Wildman–Crippen LogP) is 1.89. The van der Waals surface area contributed by atoms with Crippen LogP contribution in [0.2, 0.25) is 0 Å². The lowest BCUT2D eigenvalue weighted by molar-refractivity contribution is 0.0120. The summed E-state index contributed by atoms with van der Waals surface area (Å²) in [5, 5.41) is 6.13. The first-order chi connectivity index (χ1) is 10.7. The van der Waals surface area contributed by atoms with E-state index in [1.54, 1.807) is 0 Å². The van der Waals surface area contributed by atoms with Gasteiger partial charge in [-0.2, -0.15) is 0 Å². The number of hydrogen-bond donors (Lipinski definition) is 2. The van der Waals surface area contributed by atoms with Crippen molar-refractivity contribution in [2.24, 2.45) is 0 Å². The predicted molar refractivity (Wildman–Crippen MR) is 87.9 cm³/mol. The smallest absolute Gasteiger partial charge is 0.119 e. The molecule has 1 unspecified atom stereocenters. The second-order valence-electron chi connectivity index (χ2n) is 4.91. The minimum absolute atomic E-state index is 0.302. The molecule has 0 radical (unpaired) electrons. The Bertz CT molecular complexity index is 256. The van der Waals surface area contributed by atoms with Crippen LogP contribution in [-0.2, 0) is 14.2 Å². The Morgan fingerprint density at radius 1 is 1.00 bits per heavy atom. The Hall–Kier alpha value is -0.690. The van der Waals surface area contributed by atoms with E-state index >= 15 is 0 Å². The zero-order chi connectivity index (χ0) is 16.5. The van der Waals surface area contributed by atoms with Crippen molar-refractivity contribution >= 4 is 0 Å². The topological polar surface area (TPSA) is 51.8 Å². The second-order valence-corrected chi connectivity index (χ2v) is 4.91. The number of halogens is 1. The summed E-state index contributed by atoms with van der Waals surface area (Å²) in [6.07, 6.45) is 0.297. The molecule has 0 spiro atoms. The van der Waals surface area contributed by atoms with Gasteiger partial charge in [0.15, 0.2) is 0 Å². The summed E-state index contributed by atoms with van der Waals surface area (Å²) in [4.78, 5) is 0. The van der Waals surface area contributed by atoms with Crippen LogP contribution in [0.15, 0.2) is 12.3 Å². The normalized spacial score (nSPS) is 12.3. The maximum Gasteiger partial charge on any atom is 0.119 e. The molecule has 0 bridgehead atoms. The van der Waals surface area contributed by atoms with E-state index in [2.05, 4.69) is 24.1 Å². The van der Waals surface area contributed by atoms with Crippen molar-refractivity contribution in [2.45, 2.75) is 32.9 Å². The van der Waals surface area contributed by atoms with Crippen molar-refractivity contribution in [3.63, 3.8) is 0 Å². The fraction of sp³-hybridized carbons (Fsp3) is 0.875. The van der Waals surface area contributed by atoms with Crippen LogP contribution in [0.1, 0.15) is 26.7 Å². The molecule has 132 valence electrons. The SMILES string of the molecule is C=C(CC)NCC(F)CCOCCOCCOCCNCC. The van der Waals surface area contributed by atoms with Crippen molar-refractivity contribution in [1.82, 2.24) is 10.6 Å². The van der Waals surface area contributed by atoms with E-state index in [1.807, 2.05) is 6.92 Å². The summed E-state index contributed by atoms with van der Waals surface area (Å²) in [5.74, 6) is 0. The minimum Gasteiger partial charge on any atom is -0.386 e. The third kappa shape index (κ3) is 15.7. The number of alkyl halides is 1. The van der Waals surface area contributed by atoms with Crippen molar-refractivity contribution in [1.29, 1.82) is 0 Å². The first-order valence-electron chi connectivity index (χ1n) is 8.20. The Kier molecular flexibility index (Phi) is 16.2. The van der Waals surface area contributed by atoms with E-state index in [1.165, 1.54) is 0 Å². The number of nitrogens with one attached hydrogen (secondary N) is 2. The van der Waals surface area contributed by atoms with Crippen molar-refractivity contribution in [3.8, 4) is 0 Å². The van der Waals surface area contributed by atoms with Crippen LogP contribution in [0.5, 0.6) is 0 Å². The molecule has 0 amide bonds. The highest BCUT2D eigenvalue weighted by atomic mass is 19.1. The Balaban J connectivity index is 3.15. The number of rotatable bonds is 17. The molecule has 0 aromatic heterocycles. The largest absolute Gasteiger partial charge is 0.386 e. The van der Waals surface area contributed by atoms with Crippen LogP contribution in [-0.4, -0.2) is 65.4 Å². The number of hydrogen-bond acceptors (Lipinski definition) is 5. The van der Waals surface area contributed by atoms with Gasteiger partial charge < -0.3 is 24.8 Å². The van der Waals surface area contributed by atoms with E-state index in [9.17, 15) is 4.39 Å². The van der Waals surface area contributed by atoms with Gasteiger partial charge in [-0.25, -0.2) is 4.39 Å². The van der Waals surface area contributed by atoms with Crippen LogP contribution >= 0.6 is 0 Å². The summed E-state index contributed by atoms with van der Waals surface area (Å²) < 4.78 is 29.5. The van der Waals surface area contributed by atoms with Crippen molar-refractivity contribution in [2.75, 3.05) is 59.3 Å². The Labute approximate surface area is 134 Å². The van der Waals surface area contributed by atoms with Crippen molar-refractivity contribution in [3.05, 3.63) is 12.3 Å². The zero-order valence-electron chi connectivity index (χ0n) is 14.2. The number of allylic oxidation sites excluding steroid dienone is 1. The van der Waals surface area contributed by atoms with E-state index in [4.69, 9.17) is 14.2 Å². The Morgan fingerprint density at radius 2 is 1.59 bits per heavy atom. The number of likely N-dealkylation sites (N-methyl/N-ethyl adjacent to an activating group) is 1. The maximum absolute atomic E-state index is 13.5. The molecule has 0 fully saturated rings. The highest BCUT2D eigenvalue weighted by Gasteiger charge is 2.05. The van der Waals surface area contributed by atoms with Gasteiger partial charge in [0.25, 0.3) is 0 Å². The molecule has 5 nitrogen and oxygen atoms in total. The van der Waals surface area contributed by atoms with Gasteiger partial charge in [-0.1, -0.05) is 20.4 Å². The average Bonchev–Trinajstić information content (AvgIpc) is 2.53. The van der Waals surface area contributed by atoms with Gasteiger partial charge in [-0.3, -0.25) is 0 Å². The lowest BCUT2D eigenvalue weighted by Crippen LogP contribution is -2.24. The molecule has 0 aliphatic carbocycles. The summed E-state index contributed by atoms with van der Waals surface area (Å²) in [6.45, 7) is 13.2. The molecule has 0 saturated carbocycles. The average molecular weight is 320 g/mol. The summed E-state index contributed by atoms with van der Waals surface area (Å²) in [7, 11) is 0. The van der Waals surface area contributed by atoms with Crippen LogP contribution in [0.3, 0.4) is 0 Å². The van der Waals surface area contributed by atoms with Crippen LogP contribution in [0, 0.1) is 0 Å². The molecule has 2 N–H and O–H groups in total. The van der Waals surface area contributed by atoms with Crippen LogP contribution in [0.25, 0.3) is 0 Å². The summed E-state index contributed by atoms with van der Waals surface area (Å²) in [6, 6.07) is 0. The molecule has 0 rings (SSSR count). The molecule has 1 atom stereocenters. The first kappa shape index (κ1) is 21.3. The van der Waals surface area contributed by atoms with Gasteiger partial charge in [-0.05, 0) is 13.0 Å². The van der Waals surface area contributed by atoms with Gasteiger partial charge in [0.1, 0.15) is 6.17 Å². The van der Waals surface area contributed by atoms with Crippen LogP contribution in [0.4, 0.5) is 4.39 Å². The molecule has 0 aromatic carbocycles. The standard InChI is InChI=1S/C16H33FN2O3/c1-4-15(3)19-14-16(17)6-8-20-10-12-22-13-11-21-9-7-18-5-2/h16,18-19H,3-14H2,1-2H3. The third-order valence-corrected chi connectivity index (χ3v) is 2.99.